The average molecular weight is 190 g/mol. The fourth-order valence-corrected chi connectivity index (χ4v) is 1.24. The van der Waals surface area contributed by atoms with Gasteiger partial charge in [-0.15, -0.1) is 0 Å². The molecule has 0 bridgehead atoms. The fraction of sp³-hybridized carbons (Fsp3) is 0.364. The number of aryl methyl sites for hydroxylation is 2. The molecule has 14 heavy (non-hydrogen) atoms. The Kier molecular flexibility index (Phi) is 3.49. The summed E-state index contributed by atoms with van der Waals surface area (Å²) in [6.45, 7) is 4.18. The summed E-state index contributed by atoms with van der Waals surface area (Å²) < 4.78 is 5.47. The van der Waals surface area contributed by atoms with E-state index in [2.05, 4.69) is 0 Å². The number of rotatable bonds is 3. The first kappa shape index (κ1) is 10.6. The molecule has 3 heteroatoms. The Labute approximate surface area is 84.1 Å². The average Bonchev–Trinajstić information content (AvgIpc) is 2.16. The van der Waals surface area contributed by atoms with Crippen LogP contribution >= 0.6 is 0 Å². The number of hydrogen-bond acceptors (Lipinski definition) is 3. The van der Waals surface area contributed by atoms with Crippen LogP contribution in [0.15, 0.2) is 18.2 Å². The topological polar surface area (TPSA) is 59.0 Å². The largest absolute Gasteiger partial charge is 0.490 e. The quantitative estimate of drug-likeness (QED) is 0.786. The molecule has 0 amide bonds. The number of para-hydroxylation sites is 1. The predicted octanol–water partition coefficient (Wildman–Crippen LogP) is 1.53. The SMILES string of the molecule is Cc1cccc(C)c1OCC(N)C#N. The molecule has 0 aliphatic carbocycles. The summed E-state index contributed by atoms with van der Waals surface area (Å²) in [7, 11) is 0. The van der Waals surface area contributed by atoms with E-state index in [-0.39, 0.29) is 6.61 Å². The predicted molar refractivity (Wildman–Crippen MR) is 55.0 cm³/mol. The van der Waals surface area contributed by atoms with Crippen molar-refractivity contribution in [1.82, 2.24) is 0 Å². The number of nitrogens with zero attached hydrogens (tertiary/aromatic N) is 1. The van der Waals surface area contributed by atoms with Crippen molar-refractivity contribution in [3.8, 4) is 11.8 Å². The minimum absolute atomic E-state index is 0.238. The monoisotopic (exact) mass is 190 g/mol. The molecule has 1 rings (SSSR count). The highest BCUT2D eigenvalue weighted by atomic mass is 16.5. The molecule has 0 radical (unpaired) electrons. The Hall–Kier alpha value is -1.53. The molecule has 1 aromatic rings. The number of benzene rings is 1. The molecule has 0 aliphatic rings. The van der Waals surface area contributed by atoms with E-state index in [4.69, 9.17) is 15.7 Å². The van der Waals surface area contributed by atoms with E-state index in [0.717, 1.165) is 16.9 Å². The Balaban J connectivity index is 2.72. The van der Waals surface area contributed by atoms with Crippen molar-refractivity contribution in [2.24, 2.45) is 5.73 Å². The maximum absolute atomic E-state index is 8.50. The van der Waals surface area contributed by atoms with Gasteiger partial charge >= 0.3 is 0 Å². The van der Waals surface area contributed by atoms with E-state index >= 15 is 0 Å². The highest BCUT2D eigenvalue weighted by Crippen LogP contribution is 2.22. The van der Waals surface area contributed by atoms with Crippen molar-refractivity contribution in [3.63, 3.8) is 0 Å². The van der Waals surface area contributed by atoms with Crippen LogP contribution in [-0.4, -0.2) is 12.6 Å². The summed E-state index contributed by atoms with van der Waals surface area (Å²) >= 11 is 0. The maximum Gasteiger partial charge on any atom is 0.127 e. The lowest BCUT2D eigenvalue weighted by molar-refractivity contribution is 0.305. The van der Waals surface area contributed by atoms with Crippen molar-refractivity contribution < 1.29 is 4.74 Å². The number of hydrogen-bond donors (Lipinski definition) is 1. The van der Waals surface area contributed by atoms with E-state index < -0.39 is 6.04 Å². The molecule has 0 aromatic heterocycles. The zero-order valence-corrected chi connectivity index (χ0v) is 8.45. The summed E-state index contributed by atoms with van der Waals surface area (Å²) in [6.07, 6.45) is 0. The van der Waals surface area contributed by atoms with Crippen LogP contribution in [0.5, 0.6) is 5.75 Å². The van der Waals surface area contributed by atoms with Gasteiger partial charge in [-0.05, 0) is 25.0 Å². The molecular formula is C11H14N2O. The number of nitriles is 1. The Morgan fingerprint density at radius 1 is 1.43 bits per heavy atom. The lowest BCUT2D eigenvalue weighted by Gasteiger charge is -2.12. The molecule has 74 valence electrons. The molecule has 1 unspecified atom stereocenters. The third kappa shape index (κ3) is 2.48. The third-order valence-corrected chi connectivity index (χ3v) is 1.98. The van der Waals surface area contributed by atoms with Crippen molar-refractivity contribution >= 4 is 0 Å². The van der Waals surface area contributed by atoms with Crippen LogP contribution < -0.4 is 10.5 Å². The second kappa shape index (κ2) is 4.64. The van der Waals surface area contributed by atoms with Crippen molar-refractivity contribution in [2.45, 2.75) is 19.9 Å². The van der Waals surface area contributed by atoms with Gasteiger partial charge in [-0.2, -0.15) is 5.26 Å². The molecule has 0 saturated carbocycles. The lowest BCUT2D eigenvalue weighted by Crippen LogP contribution is -2.26. The fourth-order valence-electron chi connectivity index (χ4n) is 1.24. The minimum Gasteiger partial charge on any atom is -0.490 e. The lowest BCUT2D eigenvalue weighted by atomic mass is 10.1. The van der Waals surface area contributed by atoms with Gasteiger partial charge in [0.1, 0.15) is 18.4 Å². The summed E-state index contributed by atoms with van der Waals surface area (Å²) in [6, 6.07) is 7.28. The number of ether oxygens (including phenoxy) is 1. The standard InChI is InChI=1S/C11H14N2O/c1-8-4-3-5-9(2)11(8)14-7-10(13)6-12/h3-5,10H,7,13H2,1-2H3. The Morgan fingerprint density at radius 2 is 2.00 bits per heavy atom. The summed E-state index contributed by atoms with van der Waals surface area (Å²) in [5.41, 5.74) is 7.56. The van der Waals surface area contributed by atoms with Crippen molar-refractivity contribution in [2.75, 3.05) is 6.61 Å². The molecular weight excluding hydrogens is 176 g/mol. The van der Waals surface area contributed by atoms with E-state index in [0.29, 0.717) is 0 Å². The molecule has 3 nitrogen and oxygen atoms in total. The first-order valence-corrected chi connectivity index (χ1v) is 4.49. The molecule has 0 aliphatic heterocycles. The number of nitrogens with two attached hydrogens (primary N) is 1. The summed E-state index contributed by atoms with van der Waals surface area (Å²) in [5.74, 6) is 0.832. The van der Waals surface area contributed by atoms with Gasteiger partial charge in [0.05, 0.1) is 6.07 Å². The highest BCUT2D eigenvalue weighted by molar-refractivity contribution is 5.39. The van der Waals surface area contributed by atoms with E-state index in [9.17, 15) is 0 Å². The van der Waals surface area contributed by atoms with Gasteiger partial charge in [0.15, 0.2) is 0 Å². The summed E-state index contributed by atoms with van der Waals surface area (Å²) in [5, 5.41) is 8.50. The van der Waals surface area contributed by atoms with Crippen LogP contribution in [0.25, 0.3) is 0 Å². The third-order valence-electron chi connectivity index (χ3n) is 1.98. The molecule has 0 heterocycles. The molecule has 0 fully saturated rings. The molecule has 0 saturated heterocycles. The second-order valence-electron chi connectivity index (χ2n) is 3.27. The minimum atomic E-state index is -0.561. The van der Waals surface area contributed by atoms with Gasteiger partial charge in [0.25, 0.3) is 0 Å². The van der Waals surface area contributed by atoms with Crippen LogP contribution in [0.4, 0.5) is 0 Å². The van der Waals surface area contributed by atoms with E-state index in [1.807, 2.05) is 38.1 Å². The molecule has 0 spiro atoms. The van der Waals surface area contributed by atoms with E-state index in [1.54, 1.807) is 0 Å². The smallest absolute Gasteiger partial charge is 0.127 e. The first-order chi connectivity index (χ1) is 6.65. The van der Waals surface area contributed by atoms with Crippen LogP contribution in [-0.2, 0) is 0 Å². The van der Waals surface area contributed by atoms with Crippen molar-refractivity contribution in [1.29, 1.82) is 5.26 Å². The maximum atomic E-state index is 8.50. The first-order valence-electron chi connectivity index (χ1n) is 4.49. The van der Waals surface area contributed by atoms with Crippen molar-refractivity contribution in [3.05, 3.63) is 29.3 Å². The molecule has 1 aromatic carbocycles. The van der Waals surface area contributed by atoms with Crippen LogP contribution in [0.3, 0.4) is 0 Å². The van der Waals surface area contributed by atoms with Crippen LogP contribution in [0.2, 0.25) is 0 Å². The molecule has 1 atom stereocenters. The van der Waals surface area contributed by atoms with E-state index in [1.165, 1.54) is 0 Å². The van der Waals surface area contributed by atoms with Gasteiger partial charge in [0.2, 0.25) is 0 Å². The second-order valence-corrected chi connectivity index (χ2v) is 3.27. The van der Waals surface area contributed by atoms with Crippen LogP contribution in [0.1, 0.15) is 11.1 Å². The van der Waals surface area contributed by atoms with Gasteiger partial charge in [0, 0.05) is 0 Å². The highest BCUT2D eigenvalue weighted by Gasteiger charge is 2.05. The normalized spacial score (nSPS) is 11.9. The summed E-state index contributed by atoms with van der Waals surface area (Å²) in [4.78, 5) is 0. The van der Waals surface area contributed by atoms with Gasteiger partial charge in [-0.3, -0.25) is 0 Å². The zero-order valence-electron chi connectivity index (χ0n) is 8.45. The van der Waals surface area contributed by atoms with Gasteiger partial charge in [-0.1, -0.05) is 18.2 Å². The Morgan fingerprint density at radius 3 is 2.50 bits per heavy atom. The van der Waals surface area contributed by atoms with Gasteiger partial charge in [-0.25, -0.2) is 0 Å². The Bertz CT molecular complexity index is 335. The molecule has 2 N–H and O–H groups in total. The van der Waals surface area contributed by atoms with Crippen LogP contribution in [0, 0.1) is 25.2 Å². The van der Waals surface area contributed by atoms with Gasteiger partial charge < -0.3 is 10.5 Å². The zero-order chi connectivity index (χ0) is 10.6.